The largest absolute Gasteiger partial charge is 0.480 e. The molecule has 0 spiro atoms. The van der Waals surface area contributed by atoms with Crippen LogP contribution in [0.4, 0.5) is 0 Å². The fourth-order valence-electron chi connectivity index (χ4n) is 2.34. The Morgan fingerprint density at radius 3 is 2.15 bits per heavy atom. The van der Waals surface area contributed by atoms with Crippen molar-refractivity contribution in [2.75, 3.05) is 6.61 Å². The highest BCUT2D eigenvalue weighted by Gasteiger charge is 2.09. The van der Waals surface area contributed by atoms with Crippen LogP contribution in [-0.2, 0) is 4.79 Å². The molecule has 0 atom stereocenters. The molecule has 0 radical (unpaired) electrons. The quantitative estimate of drug-likeness (QED) is 0.420. The van der Waals surface area contributed by atoms with Crippen molar-refractivity contribution in [3.8, 4) is 28.7 Å². The predicted molar refractivity (Wildman–Crippen MR) is 104 cm³/mol. The van der Waals surface area contributed by atoms with E-state index in [9.17, 15) is 4.79 Å². The first-order valence-corrected chi connectivity index (χ1v) is 8.70. The molecular formula is C21H13Cl2NO3. The van der Waals surface area contributed by atoms with Crippen LogP contribution in [0.1, 0.15) is 5.56 Å². The van der Waals surface area contributed by atoms with Crippen molar-refractivity contribution in [3.05, 3.63) is 82.3 Å². The highest BCUT2D eigenvalue weighted by atomic mass is 35.5. The zero-order chi connectivity index (χ0) is 19.2. The molecule has 0 aliphatic heterocycles. The van der Waals surface area contributed by atoms with Crippen molar-refractivity contribution in [1.82, 2.24) is 0 Å². The number of ether oxygens (including phenoxy) is 2. The zero-order valence-corrected chi connectivity index (χ0v) is 15.5. The van der Waals surface area contributed by atoms with E-state index in [2.05, 4.69) is 6.07 Å². The summed E-state index contributed by atoms with van der Waals surface area (Å²) >= 11 is 11.8. The van der Waals surface area contributed by atoms with Gasteiger partial charge in [-0.2, -0.15) is 5.26 Å². The number of halogens is 2. The molecule has 3 aromatic rings. The number of benzene rings is 3. The topological polar surface area (TPSA) is 59.3 Å². The molecule has 0 aliphatic carbocycles. The van der Waals surface area contributed by atoms with Crippen LogP contribution in [0.3, 0.4) is 0 Å². The van der Waals surface area contributed by atoms with Gasteiger partial charge in [0, 0.05) is 5.02 Å². The van der Waals surface area contributed by atoms with Crippen LogP contribution < -0.4 is 9.47 Å². The molecule has 0 bridgehead atoms. The fraction of sp³-hybridized carbons (Fsp3) is 0.0476. The van der Waals surface area contributed by atoms with Crippen molar-refractivity contribution in [3.63, 3.8) is 0 Å². The van der Waals surface area contributed by atoms with Crippen LogP contribution >= 0.6 is 23.2 Å². The van der Waals surface area contributed by atoms with Gasteiger partial charge in [0.2, 0.25) is 0 Å². The lowest BCUT2D eigenvalue weighted by molar-refractivity contribution is -0.136. The molecular weight excluding hydrogens is 385 g/mol. The number of hydrogen-bond donors (Lipinski definition) is 0. The summed E-state index contributed by atoms with van der Waals surface area (Å²) in [5.74, 6) is 0.213. The highest BCUT2D eigenvalue weighted by molar-refractivity contribution is 6.35. The maximum Gasteiger partial charge on any atom is 0.349 e. The van der Waals surface area contributed by atoms with Gasteiger partial charge in [-0.1, -0.05) is 47.5 Å². The molecule has 0 saturated heterocycles. The van der Waals surface area contributed by atoms with Crippen LogP contribution in [0.15, 0.2) is 66.7 Å². The van der Waals surface area contributed by atoms with Crippen molar-refractivity contribution >= 4 is 29.2 Å². The fourth-order valence-corrected chi connectivity index (χ4v) is 2.81. The number of carbonyl (C=O) groups is 1. The van der Waals surface area contributed by atoms with E-state index in [-0.39, 0.29) is 6.61 Å². The van der Waals surface area contributed by atoms with Crippen LogP contribution in [0.2, 0.25) is 10.0 Å². The summed E-state index contributed by atoms with van der Waals surface area (Å²) in [6.07, 6.45) is 0. The van der Waals surface area contributed by atoms with Crippen molar-refractivity contribution < 1.29 is 14.3 Å². The molecule has 27 heavy (non-hydrogen) atoms. The minimum atomic E-state index is -0.549. The van der Waals surface area contributed by atoms with Crippen LogP contribution in [0.5, 0.6) is 11.5 Å². The molecule has 0 aromatic heterocycles. The molecule has 0 fully saturated rings. The first-order chi connectivity index (χ1) is 13.0. The lowest BCUT2D eigenvalue weighted by Crippen LogP contribution is -2.17. The molecule has 0 aliphatic rings. The van der Waals surface area contributed by atoms with Gasteiger partial charge in [-0.05, 0) is 53.6 Å². The molecule has 6 heteroatoms. The Labute approximate surface area is 166 Å². The van der Waals surface area contributed by atoms with E-state index >= 15 is 0 Å². The van der Waals surface area contributed by atoms with Gasteiger partial charge in [0.15, 0.2) is 6.61 Å². The Hall–Kier alpha value is -3.00. The normalized spacial score (nSPS) is 10.1. The minimum absolute atomic E-state index is 0.279. The maximum absolute atomic E-state index is 11.9. The summed E-state index contributed by atoms with van der Waals surface area (Å²) in [6, 6.07) is 21.1. The summed E-state index contributed by atoms with van der Waals surface area (Å²) < 4.78 is 10.6. The van der Waals surface area contributed by atoms with Crippen LogP contribution in [-0.4, -0.2) is 12.6 Å². The average Bonchev–Trinajstić information content (AvgIpc) is 2.68. The summed E-state index contributed by atoms with van der Waals surface area (Å²) in [4.78, 5) is 11.9. The summed E-state index contributed by atoms with van der Waals surface area (Å²) in [6.45, 7) is -0.279. The third kappa shape index (κ3) is 5.01. The van der Waals surface area contributed by atoms with Crippen molar-refractivity contribution in [1.29, 1.82) is 5.26 Å². The molecule has 0 amide bonds. The van der Waals surface area contributed by atoms with Crippen LogP contribution in [0, 0.1) is 11.3 Å². The van der Waals surface area contributed by atoms with E-state index in [4.69, 9.17) is 37.9 Å². The number of nitriles is 1. The van der Waals surface area contributed by atoms with Crippen LogP contribution in [0.25, 0.3) is 11.1 Å². The van der Waals surface area contributed by atoms with Gasteiger partial charge in [-0.15, -0.1) is 0 Å². The summed E-state index contributed by atoms with van der Waals surface area (Å²) in [5.41, 5.74) is 2.51. The molecule has 0 N–H and O–H groups in total. The second-order valence-corrected chi connectivity index (χ2v) is 6.39. The van der Waals surface area contributed by atoms with Gasteiger partial charge in [-0.3, -0.25) is 0 Å². The smallest absolute Gasteiger partial charge is 0.349 e. The summed E-state index contributed by atoms with van der Waals surface area (Å²) in [7, 11) is 0. The van der Waals surface area contributed by atoms with Gasteiger partial charge in [0.25, 0.3) is 0 Å². The third-order valence-corrected chi connectivity index (χ3v) is 4.20. The molecule has 0 saturated carbocycles. The van der Waals surface area contributed by atoms with E-state index in [0.29, 0.717) is 27.1 Å². The van der Waals surface area contributed by atoms with Crippen molar-refractivity contribution in [2.45, 2.75) is 0 Å². The minimum Gasteiger partial charge on any atom is -0.480 e. The number of hydrogen-bond acceptors (Lipinski definition) is 4. The van der Waals surface area contributed by atoms with Gasteiger partial charge in [0.1, 0.15) is 11.5 Å². The molecule has 3 aromatic carbocycles. The van der Waals surface area contributed by atoms with Gasteiger partial charge in [-0.25, -0.2) is 4.79 Å². The van der Waals surface area contributed by atoms with E-state index in [1.54, 1.807) is 36.4 Å². The van der Waals surface area contributed by atoms with Gasteiger partial charge < -0.3 is 9.47 Å². The molecule has 0 unspecified atom stereocenters. The first kappa shape index (κ1) is 18.8. The zero-order valence-electron chi connectivity index (χ0n) is 14.0. The van der Waals surface area contributed by atoms with Gasteiger partial charge in [0.05, 0.1) is 16.7 Å². The number of esters is 1. The summed E-state index contributed by atoms with van der Waals surface area (Å²) in [5, 5.41) is 9.65. The second kappa shape index (κ2) is 8.59. The third-order valence-electron chi connectivity index (χ3n) is 3.67. The number of rotatable bonds is 5. The lowest BCUT2D eigenvalue weighted by atomic mass is 10.0. The molecule has 0 heterocycles. The Morgan fingerprint density at radius 2 is 1.56 bits per heavy atom. The molecule has 134 valence electrons. The standard InChI is InChI=1S/C21H13Cl2NO3/c22-17-7-10-20(19(23)11-17)26-13-21(25)27-18-8-5-16(6-9-18)15-3-1-14(12-24)2-4-15/h1-11H,13H2. The Balaban J connectivity index is 1.58. The monoisotopic (exact) mass is 397 g/mol. The second-order valence-electron chi connectivity index (χ2n) is 5.55. The first-order valence-electron chi connectivity index (χ1n) is 7.94. The predicted octanol–water partition coefficient (Wildman–Crippen LogP) is 5.52. The van der Waals surface area contributed by atoms with Gasteiger partial charge >= 0.3 is 5.97 Å². The Kier molecular flexibility index (Phi) is 5.97. The van der Waals surface area contributed by atoms with E-state index in [1.807, 2.05) is 24.3 Å². The maximum atomic E-state index is 11.9. The number of carbonyl (C=O) groups excluding carboxylic acids is 1. The SMILES string of the molecule is N#Cc1ccc(-c2ccc(OC(=O)COc3ccc(Cl)cc3Cl)cc2)cc1. The molecule has 4 nitrogen and oxygen atoms in total. The Morgan fingerprint density at radius 1 is 0.926 bits per heavy atom. The van der Waals surface area contributed by atoms with E-state index < -0.39 is 5.97 Å². The van der Waals surface area contributed by atoms with E-state index in [1.165, 1.54) is 6.07 Å². The average molecular weight is 398 g/mol. The van der Waals surface area contributed by atoms with E-state index in [0.717, 1.165) is 11.1 Å². The highest BCUT2D eigenvalue weighted by Crippen LogP contribution is 2.27. The number of nitrogens with zero attached hydrogens (tertiary/aromatic N) is 1. The molecule has 3 rings (SSSR count). The Bertz CT molecular complexity index is 993. The lowest BCUT2D eigenvalue weighted by Gasteiger charge is -2.09. The van der Waals surface area contributed by atoms with Crippen molar-refractivity contribution in [2.24, 2.45) is 0 Å².